The van der Waals surface area contributed by atoms with Crippen LogP contribution in [0.25, 0.3) is 11.4 Å². The van der Waals surface area contributed by atoms with Crippen molar-refractivity contribution in [3.63, 3.8) is 0 Å². The molecule has 1 aliphatic carbocycles. The molecule has 1 saturated heterocycles. The lowest BCUT2D eigenvalue weighted by atomic mass is 10.0. The minimum atomic E-state index is -0.453. The van der Waals surface area contributed by atoms with Gasteiger partial charge in [0.2, 0.25) is 17.6 Å². The summed E-state index contributed by atoms with van der Waals surface area (Å²) >= 11 is 0. The van der Waals surface area contributed by atoms with E-state index in [1.54, 1.807) is 19.1 Å². The Bertz CT molecular complexity index is 944. The number of hydrogen-bond acceptors (Lipinski definition) is 7. The van der Waals surface area contributed by atoms with E-state index >= 15 is 0 Å². The van der Waals surface area contributed by atoms with E-state index in [1.165, 1.54) is 31.7 Å². The third-order valence-corrected chi connectivity index (χ3v) is 6.76. The Morgan fingerprint density at radius 1 is 1.24 bits per heavy atom. The molecular formula is C25H36FN5O3. The highest BCUT2D eigenvalue weighted by atomic mass is 19.1. The van der Waals surface area contributed by atoms with Gasteiger partial charge in [0.15, 0.2) is 0 Å². The average molecular weight is 474 g/mol. The quantitative estimate of drug-likeness (QED) is 0.558. The number of hydrogen-bond donors (Lipinski definition) is 1. The highest BCUT2D eigenvalue weighted by molar-refractivity contribution is 5.81. The molecule has 186 valence electrons. The van der Waals surface area contributed by atoms with Gasteiger partial charge < -0.3 is 24.8 Å². The molecular weight excluding hydrogens is 437 g/mol. The second kappa shape index (κ2) is 11.8. The molecule has 0 radical (unpaired) electrons. The van der Waals surface area contributed by atoms with Crippen LogP contribution in [0.5, 0.6) is 5.75 Å². The topological polar surface area (TPSA) is 97.7 Å². The van der Waals surface area contributed by atoms with E-state index in [0.717, 1.165) is 45.4 Å². The van der Waals surface area contributed by atoms with E-state index in [2.05, 4.69) is 15.0 Å². The molecule has 2 heterocycles. The van der Waals surface area contributed by atoms with Gasteiger partial charge in [0.1, 0.15) is 11.6 Å². The number of benzene rings is 1. The van der Waals surface area contributed by atoms with E-state index in [1.807, 2.05) is 4.90 Å². The number of carbonyl (C=O) groups is 1. The maximum Gasteiger partial charge on any atom is 0.239 e. The second-order valence-corrected chi connectivity index (χ2v) is 9.52. The molecule has 1 aliphatic heterocycles. The SMILES string of the molecule is C[C@@H](N)C(=O)N1CCCN(CCCOc2ccc(-c3noc(CC4CCCC4)n3)c(F)c2)CC1. The van der Waals surface area contributed by atoms with Crippen molar-refractivity contribution >= 4 is 5.91 Å². The Kier molecular flexibility index (Phi) is 8.50. The number of halogens is 1. The summed E-state index contributed by atoms with van der Waals surface area (Å²) in [5.41, 5.74) is 6.05. The van der Waals surface area contributed by atoms with Crippen LogP contribution < -0.4 is 10.5 Å². The minimum absolute atomic E-state index is 0.0153. The van der Waals surface area contributed by atoms with Gasteiger partial charge >= 0.3 is 0 Å². The van der Waals surface area contributed by atoms with E-state index in [9.17, 15) is 9.18 Å². The van der Waals surface area contributed by atoms with Gasteiger partial charge in [-0.3, -0.25) is 4.79 Å². The van der Waals surface area contributed by atoms with Crippen LogP contribution in [0.4, 0.5) is 4.39 Å². The van der Waals surface area contributed by atoms with Gasteiger partial charge in [0.05, 0.1) is 18.2 Å². The molecule has 9 heteroatoms. The lowest BCUT2D eigenvalue weighted by molar-refractivity contribution is -0.132. The zero-order valence-corrected chi connectivity index (χ0v) is 20.0. The number of nitrogens with two attached hydrogens (primary N) is 1. The molecule has 0 spiro atoms. The zero-order chi connectivity index (χ0) is 23.9. The number of rotatable bonds is 9. The Morgan fingerprint density at radius 2 is 2.06 bits per heavy atom. The molecule has 1 atom stereocenters. The number of nitrogens with zero attached hydrogens (tertiary/aromatic N) is 4. The summed E-state index contributed by atoms with van der Waals surface area (Å²) in [6.07, 6.45) is 7.43. The molecule has 1 aromatic carbocycles. The van der Waals surface area contributed by atoms with Crippen LogP contribution in [-0.2, 0) is 11.2 Å². The van der Waals surface area contributed by atoms with E-state index in [-0.39, 0.29) is 11.7 Å². The van der Waals surface area contributed by atoms with Crippen molar-refractivity contribution in [2.24, 2.45) is 11.7 Å². The Labute approximate surface area is 200 Å². The lowest BCUT2D eigenvalue weighted by Crippen LogP contribution is -2.43. The number of ether oxygens (including phenoxy) is 1. The van der Waals surface area contributed by atoms with Crippen LogP contribution in [0.15, 0.2) is 22.7 Å². The first kappa shape index (κ1) is 24.6. The molecule has 2 aromatic rings. The molecule has 8 nitrogen and oxygen atoms in total. The second-order valence-electron chi connectivity index (χ2n) is 9.52. The predicted molar refractivity (Wildman–Crippen MR) is 127 cm³/mol. The standard InChI is InChI=1S/C25H36FN5O3/c1-18(27)25(32)31-12-4-10-30(13-14-31)11-5-15-33-20-8-9-21(22(26)17-20)24-28-23(34-29-24)16-19-6-2-3-7-19/h8-9,17-19H,2-7,10-16,27H2,1H3/t18-/m1/s1. The first-order valence-corrected chi connectivity index (χ1v) is 12.5. The fraction of sp³-hybridized carbons (Fsp3) is 0.640. The molecule has 1 saturated carbocycles. The van der Waals surface area contributed by atoms with Gasteiger partial charge in [0.25, 0.3) is 0 Å². The van der Waals surface area contributed by atoms with Crippen molar-refractivity contribution in [3.05, 3.63) is 29.9 Å². The third-order valence-electron chi connectivity index (χ3n) is 6.76. The number of carbonyl (C=O) groups excluding carboxylic acids is 1. The lowest BCUT2D eigenvalue weighted by Gasteiger charge is -2.23. The van der Waals surface area contributed by atoms with Crippen LogP contribution in [0, 0.1) is 11.7 Å². The summed E-state index contributed by atoms with van der Waals surface area (Å²) in [6.45, 7) is 6.32. The van der Waals surface area contributed by atoms with Gasteiger partial charge in [0, 0.05) is 38.7 Å². The first-order chi connectivity index (χ1) is 16.5. The summed E-state index contributed by atoms with van der Waals surface area (Å²) in [6, 6.07) is 4.32. The minimum Gasteiger partial charge on any atom is -0.493 e. The highest BCUT2D eigenvalue weighted by Crippen LogP contribution is 2.29. The van der Waals surface area contributed by atoms with Gasteiger partial charge in [-0.05, 0) is 57.2 Å². The molecule has 2 N–H and O–H groups in total. The van der Waals surface area contributed by atoms with Gasteiger partial charge in [-0.1, -0.05) is 18.0 Å². The van der Waals surface area contributed by atoms with E-state index in [4.69, 9.17) is 15.0 Å². The van der Waals surface area contributed by atoms with Gasteiger partial charge in [-0.15, -0.1) is 0 Å². The van der Waals surface area contributed by atoms with Crippen molar-refractivity contribution < 1.29 is 18.4 Å². The fourth-order valence-electron chi connectivity index (χ4n) is 4.86. The molecule has 1 amide bonds. The summed E-state index contributed by atoms with van der Waals surface area (Å²) < 4.78 is 25.8. The smallest absolute Gasteiger partial charge is 0.239 e. The number of aromatic nitrogens is 2. The van der Waals surface area contributed by atoms with Crippen molar-refractivity contribution in [2.75, 3.05) is 39.3 Å². The van der Waals surface area contributed by atoms with E-state index < -0.39 is 11.9 Å². The van der Waals surface area contributed by atoms with Crippen molar-refractivity contribution in [2.45, 2.75) is 57.9 Å². The monoisotopic (exact) mass is 473 g/mol. The third kappa shape index (κ3) is 6.54. The van der Waals surface area contributed by atoms with Crippen LogP contribution in [0.3, 0.4) is 0 Å². The van der Waals surface area contributed by atoms with Crippen LogP contribution in [0.1, 0.15) is 51.3 Å². The van der Waals surface area contributed by atoms with Crippen LogP contribution in [-0.4, -0.2) is 71.2 Å². The molecule has 0 unspecified atom stereocenters. The maximum absolute atomic E-state index is 14.7. The Morgan fingerprint density at radius 3 is 2.82 bits per heavy atom. The molecule has 0 bridgehead atoms. The zero-order valence-electron chi connectivity index (χ0n) is 20.0. The average Bonchev–Trinajstić information content (AvgIpc) is 3.44. The highest BCUT2D eigenvalue weighted by Gasteiger charge is 2.22. The number of amides is 1. The summed E-state index contributed by atoms with van der Waals surface area (Å²) in [4.78, 5) is 20.7. The predicted octanol–water partition coefficient (Wildman–Crippen LogP) is 3.26. The van der Waals surface area contributed by atoms with E-state index in [0.29, 0.717) is 36.3 Å². The maximum atomic E-state index is 14.7. The largest absolute Gasteiger partial charge is 0.493 e. The molecule has 4 rings (SSSR count). The fourth-order valence-corrected chi connectivity index (χ4v) is 4.86. The summed E-state index contributed by atoms with van der Waals surface area (Å²) in [5, 5.41) is 3.98. The van der Waals surface area contributed by atoms with Crippen molar-refractivity contribution in [1.82, 2.24) is 19.9 Å². The molecule has 2 aliphatic rings. The van der Waals surface area contributed by atoms with Crippen LogP contribution >= 0.6 is 0 Å². The van der Waals surface area contributed by atoms with Crippen LogP contribution in [0.2, 0.25) is 0 Å². The summed E-state index contributed by atoms with van der Waals surface area (Å²) in [7, 11) is 0. The Balaban J connectivity index is 1.21. The van der Waals surface area contributed by atoms with Crippen molar-refractivity contribution in [1.29, 1.82) is 0 Å². The van der Waals surface area contributed by atoms with Gasteiger partial charge in [-0.25, -0.2) is 4.39 Å². The van der Waals surface area contributed by atoms with Gasteiger partial charge in [-0.2, -0.15) is 4.98 Å². The molecule has 2 fully saturated rings. The first-order valence-electron chi connectivity index (χ1n) is 12.5. The Hall–Kier alpha value is -2.52. The normalized spacial score (nSPS) is 18.7. The summed E-state index contributed by atoms with van der Waals surface area (Å²) in [5.74, 6) is 1.55. The van der Waals surface area contributed by atoms with Crippen molar-refractivity contribution in [3.8, 4) is 17.1 Å². The molecule has 1 aromatic heterocycles. The molecule has 34 heavy (non-hydrogen) atoms.